The second-order valence-electron chi connectivity index (χ2n) is 7.41. The molecule has 2 aromatic carbocycles. The molecule has 0 bridgehead atoms. The molecule has 0 N–H and O–H groups in total. The van der Waals surface area contributed by atoms with Gasteiger partial charge in [0.2, 0.25) is 5.75 Å². The fourth-order valence-electron chi connectivity index (χ4n) is 4.53. The number of hydrogen-bond donors (Lipinski definition) is 0. The van der Waals surface area contributed by atoms with Crippen LogP contribution in [-0.2, 0) is 9.47 Å². The van der Waals surface area contributed by atoms with Gasteiger partial charge in [0.25, 0.3) is 0 Å². The van der Waals surface area contributed by atoms with E-state index in [2.05, 4.69) is 0 Å². The van der Waals surface area contributed by atoms with Crippen LogP contribution in [0.2, 0.25) is 0 Å². The third-order valence-corrected chi connectivity index (χ3v) is 6.02. The lowest BCUT2D eigenvalue weighted by Crippen LogP contribution is -2.15. The van der Waals surface area contributed by atoms with Gasteiger partial charge in [-0.1, -0.05) is 6.07 Å². The van der Waals surface area contributed by atoms with Crippen LogP contribution in [0.15, 0.2) is 30.3 Å². The maximum Gasteiger partial charge on any atom is 0.203 e. The van der Waals surface area contributed by atoms with E-state index >= 15 is 0 Å². The lowest BCUT2D eigenvalue weighted by atomic mass is 9.84. The van der Waals surface area contributed by atoms with Crippen molar-refractivity contribution in [3.8, 4) is 28.7 Å². The molecule has 0 radical (unpaired) electrons. The summed E-state index contributed by atoms with van der Waals surface area (Å²) in [5.74, 6) is 3.68. The number of ether oxygens (including phenoxy) is 7. The van der Waals surface area contributed by atoms with Crippen molar-refractivity contribution in [1.29, 1.82) is 0 Å². The van der Waals surface area contributed by atoms with Crippen molar-refractivity contribution < 1.29 is 33.2 Å². The van der Waals surface area contributed by atoms with E-state index in [4.69, 9.17) is 33.2 Å². The topological polar surface area (TPSA) is 64.6 Å². The lowest BCUT2D eigenvalue weighted by Gasteiger charge is -2.20. The molecule has 2 heterocycles. The summed E-state index contributed by atoms with van der Waals surface area (Å²) in [6.45, 7) is 1.23. The summed E-state index contributed by atoms with van der Waals surface area (Å²) in [4.78, 5) is 0. The van der Waals surface area contributed by atoms with Crippen LogP contribution in [0.3, 0.4) is 0 Å². The summed E-state index contributed by atoms with van der Waals surface area (Å²) in [5.41, 5.74) is 2.06. The molecule has 162 valence electrons. The Labute approximate surface area is 176 Å². The molecule has 0 saturated carbocycles. The molecule has 4 atom stereocenters. The Balaban J connectivity index is 1.61. The monoisotopic (exact) mass is 416 g/mol. The van der Waals surface area contributed by atoms with Crippen molar-refractivity contribution in [2.75, 3.05) is 48.8 Å². The lowest BCUT2D eigenvalue weighted by molar-refractivity contribution is 0.0191. The number of methoxy groups -OCH3 is 5. The van der Waals surface area contributed by atoms with Gasteiger partial charge in [-0.3, -0.25) is 0 Å². The standard InChI is InChI=1S/C23H28O7/c1-24-17-7-6-13(8-18(17)25-2)21-15-11-30-22(16(15)12-29-21)14-9-19(26-3)23(28-5)20(10-14)27-4/h6-10,15-16,21-22H,11-12H2,1-5H3/t15-,16-,21+,22-/m1/s1. The number of benzene rings is 2. The summed E-state index contributed by atoms with van der Waals surface area (Å²) in [7, 11) is 8.10. The molecule has 0 spiro atoms. The average Bonchev–Trinajstić information content (AvgIpc) is 3.39. The van der Waals surface area contributed by atoms with E-state index in [1.54, 1.807) is 35.5 Å². The molecule has 0 amide bonds. The van der Waals surface area contributed by atoms with Crippen LogP contribution in [0.1, 0.15) is 23.3 Å². The molecule has 30 heavy (non-hydrogen) atoms. The van der Waals surface area contributed by atoms with Gasteiger partial charge in [-0.05, 0) is 35.4 Å². The highest BCUT2D eigenvalue weighted by Crippen LogP contribution is 2.52. The molecule has 0 aromatic heterocycles. The SMILES string of the molecule is COc1ccc([C@@H]2OC[C@@H]3[C@H]2CO[C@@H]3c2cc(OC)c(OC)c(OC)c2)cc1OC. The Bertz CT molecular complexity index is 872. The van der Waals surface area contributed by atoms with Crippen molar-refractivity contribution in [3.05, 3.63) is 41.5 Å². The predicted molar refractivity (Wildman–Crippen MR) is 110 cm³/mol. The minimum atomic E-state index is -0.103. The maximum atomic E-state index is 6.24. The molecule has 2 aliphatic rings. The van der Waals surface area contributed by atoms with Gasteiger partial charge >= 0.3 is 0 Å². The quantitative estimate of drug-likeness (QED) is 0.680. The minimum absolute atomic E-state index is 0.0538. The minimum Gasteiger partial charge on any atom is -0.493 e. The van der Waals surface area contributed by atoms with Gasteiger partial charge in [0.05, 0.1) is 61.0 Å². The zero-order chi connectivity index (χ0) is 21.3. The zero-order valence-corrected chi connectivity index (χ0v) is 18.0. The zero-order valence-electron chi connectivity index (χ0n) is 18.0. The van der Waals surface area contributed by atoms with Gasteiger partial charge in [-0.15, -0.1) is 0 Å². The van der Waals surface area contributed by atoms with Crippen LogP contribution >= 0.6 is 0 Å². The second-order valence-corrected chi connectivity index (χ2v) is 7.41. The molecule has 7 heteroatoms. The molecule has 2 aliphatic heterocycles. The largest absolute Gasteiger partial charge is 0.493 e. The second kappa shape index (κ2) is 8.62. The molecule has 2 aromatic rings. The number of fused-ring (bicyclic) bond motifs is 1. The normalized spacial score (nSPS) is 25.0. The highest BCUT2D eigenvalue weighted by atomic mass is 16.5. The van der Waals surface area contributed by atoms with Gasteiger partial charge < -0.3 is 33.2 Å². The van der Waals surface area contributed by atoms with Gasteiger partial charge in [0, 0.05) is 11.8 Å². The molecular weight excluding hydrogens is 388 g/mol. The summed E-state index contributed by atoms with van der Waals surface area (Å²) in [5, 5.41) is 0. The highest BCUT2D eigenvalue weighted by molar-refractivity contribution is 5.54. The van der Waals surface area contributed by atoms with E-state index in [9.17, 15) is 0 Å². The number of hydrogen-bond acceptors (Lipinski definition) is 7. The fourth-order valence-corrected chi connectivity index (χ4v) is 4.53. The van der Waals surface area contributed by atoms with Gasteiger partial charge in [-0.25, -0.2) is 0 Å². The van der Waals surface area contributed by atoms with Crippen molar-refractivity contribution in [2.45, 2.75) is 12.2 Å². The van der Waals surface area contributed by atoms with Crippen molar-refractivity contribution in [1.82, 2.24) is 0 Å². The van der Waals surface area contributed by atoms with Crippen LogP contribution in [0.5, 0.6) is 28.7 Å². The smallest absolute Gasteiger partial charge is 0.203 e. The van der Waals surface area contributed by atoms with Crippen molar-refractivity contribution in [2.24, 2.45) is 11.8 Å². The van der Waals surface area contributed by atoms with E-state index in [1.807, 2.05) is 30.3 Å². The average molecular weight is 416 g/mol. The van der Waals surface area contributed by atoms with E-state index in [-0.39, 0.29) is 24.0 Å². The highest BCUT2D eigenvalue weighted by Gasteiger charge is 2.48. The van der Waals surface area contributed by atoms with E-state index in [1.165, 1.54) is 0 Å². The van der Waals surface area contributed by atoms with Crippen molar-refractivity contribution in [3.63, 3.8) is 0 Å². The number of rotatable bonds is 7. The molecule has 0 unspecified atom stereocenters. The Kier molecular flexibility index (Phi) is 5.92. The van der Waals surface area contributed by atoms with Crippen LogP contribution in [-0.4, -0.2) is 48.8 Å². The molecular formula is C23H28O7. The third-order valence-electron chi connectivity index (χ3n) is 6.02. The first-order valence-electron chi connectivity index (χ1n) is 9.90. The van der Waals surface area contributed by atoms with Crippen LogP contribution in [0.4, 0.5) is 0 Å². The Morgan fingerprint density at radius 2 is 1.10 bits per heavy atom. The van der Waals surface area contributed by atoms with Gasteiger partial charge in [0.1, 0.15) is 0 Å². The maximum absolute atomic E-state index is 6.24. The summed E-state index contributed by atoms with van der Waals surface area (Å²) >= 11 is 0. The van der Waals surface area contributed by atoms with Gasteiger partial charge in [-0.2, -0.15) is 0 Å². The molecule has 4 rings (SSSR count). The van der Waals surface area contributed by atoms with E-state index in [0.29, 0.717) is 42.0 Å². The van der Waals surface area contributed by atoms with Crippen LogP contribution in [0, 0.1) is 11.8 Å². The first kappa shape index (κ1) is 20.6. The molecule has 7 nitrogen and oxygen atoms in total. The van der Waals surface area contributed by atoms with Gasteiger partial charge in [0.15, 0.2) is 23.0 Å². The summed E-state index contributed by atoms with van der Waals surface area (Å²) < 4.78 is 39.7. The van der Waals surface area contributed by atoms with Crippen LogP contribution < -0.4 is 23.7 Å². The first-order valence-corrected chi connectivity index (χ1v) is 9.90. The Morgan fingerprint density at radius 3 is 1.60 bits per heavy atom. The first-order chi connectivity index (χ1) is 14.6. The summed E-state index contributed by atoms with van der Waals surface area (Å²) in [6, 6.07) is 9.84. The Morgan fingerprint density at radius 1 is 0.600 bits per heavy atom. The third kappa shape index (κ3) is 3.42. The molecule has 2 saturated heterocycles. The Hall–Kier alpha value is -2.64. The van der Waals surface area contributed by atoms with E-state index in [0.717, 1.165) is 11.1 Å². The molecule has 2 fully saturated rings. The summed E-state index contributed by atoms with van der Waals surface area (Å²) in [6.07, 6.45) is -0.157. The van der Waals surface area contributed by atoms with Crippen molar-refractivity contribution >= 4 is 0 Å². The van der Waals surface area contributed by atoms with E-state index < -0.39 is 0 Å². The molecule has 0 aliphatic carbocycles. The predicted octanol–water partition coefficient (Wildman–Crippen LogP) is 3.80. The fraction of sp³-hybridized carbons (Fsp3) is 0.478. The van der Waals surface area contributed by atoms with Crippen LogP contribution in [0.25, 0.3) is 0 Å².